The summed E-state index contributed by atoms with van der Waals surface area (Å²) in [5.41, 5.74) is 1.62. The molecule has 0 atom stereocenters. The van der Waals surface area contributed by atoms with Crippen molar-refractivity contribution in [3.8, 4) is 0 Å². The zero-order chi connectivity index (χ0) is 18.9. The molecule has 142 valence electrons. The van der Waals surface area contributed by atoms with E-state index in [0.29, 0.717) is 38.2 Å². The molecule has 0 aliphatic carbocycles. The molecule has 2 aliphatic rings. The minimum absolute atomic E-state index is 0.00154. The fourth-order valence-corrected chi connectivity index (χ4v) is 4.47. The maximum absolute atomic E-state index is 13.1. The van der Waals surface area contributed by atoms with Crippen LogP contribution in [0.4, 0.5) is 0 Å². The van der Waals surface area contributed by atoms with Crippen molar-refractivity contribution in [2.75, 3.05) is 32.8 Å². The monoisotopic (exact) mass is 367 g/mol. The van der Waals surface area contributed by atoms with E-state index in [1.807, 2.05) is 29.2 Å². The standard InChI is InChI=1S/C21H25N3O3/c25-14-13-24-15-21(7-5-19(24)26)8-11-23(12-9-21)20(27)17-6-10-22-18-4-2-1-3-16(17)18/h1-4,6,10,25H,5,7-9,11-15H2. The van der Waals surface area contributed by atoms with Crippen LogP contribution in [0.25, 0.3) is 10.9 Å². The number of aromatic nitrogens is 1. The Morgan fingerprint density at radius 3 is 2.70 bits per heavy atom. The van der Waals surface area contributed by atoms with E-state index >= 15 is 0 Å². The predicted molar refractivity (Wildman–Crippen MR) is 102 cm³/mol. The first kappa shape index (κ1) is 17.9. The Morgan fingerprint density at radius 1 is 1.15 bits per heavy atom. The number of hydrogen-bond donors (Lipinski definition) is 1. The van der Waals surface area contributed by atoms with Gasteiger partial charge in [0, 0.05) is 44.2 Å². The van der Waals surface area contributed by atoms with Gasteiger partial charge in [0.05, 0.1) is 17.7 Å². The van der Waals surface area contributed by atoms with Crippen LogP contribution < -0.4 is 0 Å². The Morgan fingerprint density at radius 2 is 1.93 bits per heavy atom. The molecule has 0 unspecified atom stereocenters. The van der Waals surface area contributed by atoms with Crippen molar-refractivity contribution >= 4 is 22.7 Å². The highest BCUT2D eigenvalue weighted by Crippen LogP contribution is 2.40. The molecular formula is C21H25N3O3. The molecule has 3 heterocycles. The van der Waals surface area contributed by atoms with Crippen LogP contribution in [0.2, 0.25) is 0 Å². The van der Waals surface area contributed by atoms with Crippen LogP contribution in [0.3, 0.4) is 0 Å². The van der Waals surface area contributed by atoms with Crippen molar-refractivity contribution in [2.45, 2.75) is 25.7 Å². The van der Waals surface area contributed by atoms with E-state index in [2.05, 4.69) is 4.98 Å². The number of rotatable bonds is 3. The summed E-state index contributed by atoms with van der Waals surface area (Å²) < 4.78 is 0. The number of aliphatic hydroxyl groups excluding tert-OH is 1. The minimum atomic E-state index is 0.00154. The van der Waals surface area contributed by atoms with Gasteiger partial charge < -0.3 is 14.9 Å². The van der Waals surface area contributed by atoms with Gasteiger partial charge in [0.1, 0.15) is 0 Å². The van der Waals surface area contributed by atoms with Crippen LogP contribution in [-0.4, -0.2) is 64.5 Å². The van der Waals surface area contributed by atoms with Crippen LogP contribution in [0.5, 0.6) is 0 Å². The number of pyridine rings is 1. The highest BCUT2D eigenvalue weighted by atomic mass is 16.3. The lowest BCUT2D eigenvalue weighted by atomic mass is 9.72. The number of likely N-dealkylation sites (tertiary alicyclic amines) is 2. The molecule has 1 aromatic heterocycles. The van der Waals surface area contributed by atoms with E-state index in [9.17, 15) is 14.7 Å². The Kier molecular flexibility index (Phi) is 4.83. The van der Waals surface area contributed by atoms with Crippen molar-refractivity contribution in [1.29, 1.82) is 0 Å². The topological polar surface area (TPSA) is 73.7 Å². The first-order valence-corrected chi connectivity index (χ1v) is 9.64. The van der Waals surface area contributed by atoms with Gasteiger partial charge in [0.15, 0.2) is 0 Å². The van der Waals surface area contributed by atoms with Crippen LogP contribution in [0.15, 0.2) is 36.5 Å². The van der Waals surface area contributed by atoms with E-state index in [1.165, 1.54) is 0 Å². The number of hydrogen-bond acceptors (Lipinski definition) is 4. The second-order valence-electron chi connectivity index (χ2n) is 7.71. The summed E-state index contributed by atoms with van der Waals surface area (Å²) in [5, 5.41) is 10.1. The van der Waals surface area contributed by atoms with Crippen molar-refractivity contribution in [3.05, 3.63) is 42.1 Å². The SMILES string of the molecule is O=C1CCC2(CCN(C(=O)c3ccnc4ccccc34)CC2)CN1CCO. The average molecular weight is 367 g/mol. The summed E-state index contributed by atoms with van der Waals surface area (Å²) in [6.45, 7) is 2.52. The zero-order valence-electron chi connectivity index (χ0n) is 15.4. The van der Waals surface area contributed by atoms with E-state index in [4.69, 9.17) is 0 Å². The van der Waals surface area contributed by atoms with Gasteiger partial charge in [-0.3, -0.25) is 14.6 Å². The molecule has 2 saturated heterocycles. The highest BCUT2D eigenvalue weighted by molar-refractivity contribution is 6.06. The number of fused-ring (bicyclic) bond motifs is 1. The Hall–Kier alpha value is -2.47. The molecule has 1 aromatic carbocycles. The summed E-state index contributed by atoms with van der Waals surface area (Å²) in [4.78, 5) is 33.2. The molecule has 1 spiro atoms. The van der Waals surface area contributed by atoms with Crippen molar-refractivity contribution in [1.82, 2.24) is 14.8 Å². The van der Waals surface area contributed by atoms with Gasteiger partial charge in [0.25, 0.3) is 5.91 Å². The molecule has 2 aliphatic heterocycles. The lowest BCUT2D eigenvalue weighted by Crippen LogP contribution is -2.52. The molecule has 0 saturated carbocycles. The number of β-amino-alcohol motifs (C(OH)–C–C–N with tert-alkyl or cyclic N) is 1. The number of aliphatic hydroxyl groups is 1. The second kappa shape index (κ2) is 7.27. The molecule has 1 N–H and O–H groups in total. The Bertz CT molecular complexity index is 853. The van der Waals surface area contributed by atoms with Gasteiger partial charge >= 0.3 is 0 Å². The van der Waals surface area contributed by atoms with Crippen molar-refractivity contribution < 1.29 is 14.7 Å². The summed E-state index contributed by atoms with van der Waals surface area (Å²) in [5.74, 6) is 0.194. The van der Waals surface area contributed by atoms with Gasteiger partial charge in [-0.2, -0.15) is 0 Å². The number of benzene rings is 1. The summed E-state index contributed by atoms with van der Waals surface area (Å²) >= 11 is 0. The number of piperidine rings is 2. The molecule has 2 amide bonds. The third-order valence-corrected chi connectivity index (χ3v) is 6.11. The molecule has 6 nitrogen and oxygen atoms in total. The van der Waals surface area contributed by atoms with Crippen LogP contribution in [0, 0.1) is 5.41 Å². The van der Waals surface area contributed by atoms with Crippen molar-refractivity contribution in [3.63, 3.8) is 0 Å². The lowest BCUT2D eigenvalue weighted by Gasteiger charge is -2.47. The van der Waals surface area contributed by atoms with Gasteiger partial charge in [0.2, 0.25) is 5.91 Å². The smallest absolute Gasteiger partial charge is 0.254 e. The fourth-order valence-electron chi connectivity index (χ4n) is 4.47. The van der Waals surface area contributed by atoms with E-state index in [0.717, 1.165) is 30.2 Å². The summed E-state index contributed by atoms with van der Waals surface area (Å²) in [6, 6.07) is 9.53. The number of nitrogens with zero attached hydrogens (tertiary/aromatic N) is 3. The highest BCUT2D eigenvalue weighted by Gasteiger charge is 2.41. The number of carbonyl (C=O) groups excluding carboxylic acids is 2. The maximum Gasteiger partial charge on any atom is 0.254 e. The summed E-state index contributed by atoms with van der Waals surface area (Å²) in [7, 11) is 0. The van der Waals surface area contributed by atoms with Crippen LogP contribution in [0.1, 0.15) is 36.0 Å². The molecule has 27 heavy (non-hydrogen) atoms. The summed E-state index contributed by atoms with van der Waals surface area (Å²) in [6.07, 6.45) is 4.92. The molecule has 2 fully saturated rings. The number of carbonyl (C=O) groups is 2. The minimum Gasteiger partial charge on any atom is -0.395 e. The third kappa shape index (κ3) is 3.41. The molecule has 0 radical (unpaired) electrons. The molecule has 6 heteroatoms. The van der Waals surface area contributed by atoms with Gasteiger partial charge in [-0.05, 0) is 36.8 Å². The quantitative estimate of drug-likeness (QED) is 0.901. The predicted octanol–water partition coefficient (Wildman–Crippen LogP) is 2.07. The second-order valence-corrected chi connectivity index (χ2v) is 7.71. The van der Waals surface area contributed by atoms with Gasteiger partial charge in [-0.1, -0.05) is 18.2 Å². The molecular weight excluding hydrogens is 342 g/mol. The fraction of sp³-hybridized carbons (Fsp3) is 0.476. The maximum atomic E-state index is 13.1. The van der Waals surface area contributed by atoms with Gasteiger partial charge in [-0.25, -0.2) is 0 Å². The van der Waals surface area contributed by atoms with E-state index in [-0.39, 0.29) is 23.8 Å². The number of amides is 2. The zero-order valence-corrected chi connectivity index (χ0v) is 15.4. The molecule has 4 rings (SSSR count). The molecule has 0 bridgehead atoms. The first-order chi connectivity index (χ1) is 13.1. The van der Waals surface area contributed by atoms with E-state index in [1.54, 1.807) is 17.2 Å². The Balaban J connectivity index is 1.47. The number of para-hydroxylation sites is 1. The average Bonchev–Trinajstić information content (AvgIpc) is 2.71. The van der Waals surface area contributed by atoms with E-state index < -0.39 is 0 Å². The molecule has 2 aromatic rings. The van der Waals surface area contributed by atoms with Gasteiger partial charge in [-0.15, -0.1) is 0 Å². The largest absolute Gasteiger partial charge is 0.395 e. The Labute approximate surface area is 158 Å². The van der Waals surface area contributed by atoms with Crippen LogP contribution in [-0.2, 0) is 4.79 Å². The van der Waals surface area contributed by atoms with Crippen LogP contribution >= 0.6 is 0 Å². The lowest BCUT2D eigenvalue weighted by molar-refractivity contribution is -0.139. The first-order valence-electron chi connectivity index (χ1n) is 9.64. The normalized spacial score (nSPS) is 19.7. The third-order valence-electron chi connectivity index (χ3n) is 6.11. The van der Waals surface area contributed by atoms with Crippen molar-refractivity contribution in [2.24, 2.45) is 5.41 Å².